The lowest BCUT2D eigenvalue weighted by Gasteiger charge is -2.13. The highest BCUT2D eigenvalue weighted by Gasteiger charge is 2.21. The van der Waals surface area contributed by atoms with Crippen LogP contribution in [0.25, 0.3) is 11.9 Å². The Morgan fingerprint density at radius 3 is 2.43 bits per heavy atom. The Bertz CT molecular complexity index is 1090. The lowest BCUT2D eigenvalue weighted by Crippen LogP contribution is -2.31. The van der Waals surface area contributed by atoms with Gasteiger partial charge in [-0.3, -0.25) is 9.36 Å². The molecular weight excluding hydrogens is 388 g/mol. The second-order valence-corrected chi connectivity index (χ2v) is 6.94. The molecule has 158 valence electrons. The van der Waals surface area contributed by atoms with Gasteiger partial charge in [-0.2, -0.15) is 0 Å². The summed E-state index contributed by atoms with van der Waals surface area (Å²) in [5, 5.41) is 10.3. The van der Waals surface area contributed by atoms with Gasteiger partial charge >= 0.3 is 5.97 Å². The van der Waals surface area contributed by atoms with Crippen LogP contribution in [0.4, 0.5) is 5.82 Å². The fourth-order valence-electron chi connectivity index (χ4n) is 3.06. The monoisotopic (exact) mass is 412 g/mol. The summed E-state index contributed by atoms with van der Waals surface area (Å²) in [6.45, 7) is 9.15. The van der Waals surface area contributed by atoms with Gasteiger partial charge in [0.1, 0.15) is 11.5 Å². The van der Waals surface area contributed by atoms with Gasteiger partial charge in [0.15, 0.2) is 17.7 Å². The summed E-state index contributed by atoms with van der Waals surface area (Å²) in [6.07, 6.45) is 2.34. The fraction of sp³-hybridized carbons (Fsp3) is 0.333. The first-order valence-corrected chi connectivity index (χ1v) is 9.54. The van der Waals surface area contributed by atoms with Crippen LogP contribution in [-0.4, -0.2) is 32.9 Å². The molecule has 0 aliphatic rings. The predicted molar refractivity (Wildman–Crippen MR) is 109 cm³/mol. The van der Waals surface area contributed by atoms with E-state index in [1.807, 2.05) is 37.5 Å². The van der Waals surface area contributed by atoms with Crippen LogP contribution in [0.3, 0.4) is 0 Å². The van der Waals surface area contributed by atoms with Crippen molar-refractivity contribution in [3.63, 3.8) is 0 Å². The zero-order chi connectivity index (χ0) is 21.8. The predicted octanol–water partition coefficient (Wildman–Crippen LogP) is 3.66. The number of carbonyl (C=O) groups excluding carboxylic acids is 2. The van der Waals surface area contributed by atoms with Gasteiger partial charge in [-0.25, -0.2) is 4.79 Å². The van der Waals surface area contributed by atoms with E-state index in [1.54, 1.807) is 26.0 Å². The Morgan fingerprint density at radius 1 is 1.13 bits per heavy atom. The van der Waals surface area contributed by atoms with Crippen molar-refractivity contribution in [2.24, 2.45) is 0 Å². The second-order valence-electron chi connectivity index (χ2n) is 6.94. The SMILES string of the molecule is CCC(OC(=O)C=Cc1cc(C)n(-c2cc(C)on2)c1C)C(=O)Nc1cc(C)on1. The molecule has 0 fully saturated rings. The van der Waals surface area contributed by atoms with Gasteiger partial charge in [0.2, 0.25) is 0 Å². The highest BCUT2D eigenvalue weighted by Crippen LogP contribution is 2.21. The smallest absolute Gasteiger partial charge is 0.331 e. The first-order valence-electron chi connectivity index (χ1n) is 9.54. The average Bonchev–Trinajstić information content (AvgIpc) is 3.37. The number of aromatic nitrogens is 3. The van der Waals surface area contributed by atoms with Crippen LogP contribution in [0.15, 0.2) is 33.3 Å². The molecule has 0 aromatic carbocycles. The molecule has 1 atom stereocenters. The molecule has 3 rings (SSSR count). The summed E-state index contributed by atoms with van der Waals surface area (Å²) in [5.41, 5.74) is 2.68. The summed E-state index contributed by atoms with van der Waals surface area (Å²) in [4.78, 5) is 24.6. The maximum absolute atomic E-state index is 12.3. The van der Waals surface area contributed by atoms with E-state index in [0.29, 0.717) is 23.8 Å². The third-order valence-corrected chi connectivity index (χ3v) is 4.51. The lowest BCUT2D eigenvalue weighted by atomic mass is 10.2. The summed E-state index contributed by atoms with van der Waals surface area (Å²) in [5.74, 6) is 1.15. The third-order valence-electron chi connectivity index (χ3n) is 4.51. The molecule has 9 heteroatoms. The van der Waals surface area contributed by atoms with E-state index in [-0.39, 0.29) is 5.82 Å². The molecule has 1 unspecified atom stereocenters. The molecule has 0 saturated carbocycles. The summed E-state index contributed by atoms with van der Waals surface area (Å²) >= 11 is 0. The van der Waals surface area contributed by atoms with Crippen molar-refractivity contribution in [1.82, 2.24) is 14.9 Å². The van der Waals surface area contributed by atoms with Crippen LogP contribution < -0.4 is 5.32 Å². The number of esters is 1. The largest absolute Gasteiger partial charge is 0.449 e. The minimum atomic E-state index is -0.940. The molecule has 9 nitrogen and oxygen atoms in total. The van der Waals surface area contributed by atoms with Gasteiger partial charge in [0, 0.05) is 29.6 Å². The van der Waals surface area contributed by atoms with Crippen LogP contribution in [-0.2, 0) is 14.3 Å². The van der Waals surface area contributed by atoms with Crippen molar-refractivity contribution in [2.45, 2.75) is 47.1 Å². The fourth-order valence-corrected chi connectivity index (χ4v) is 3.06. The number of rotatable bonds is 7. The first kappa shape index (κ1) is 21.1. The minimum Gasteiger partial charge on any atom is -0.449 e. The topological polar surface area (TPSA) is 112 Å². The molecule has 1 N–H and O–H groups in total. The number of amides is 1. The summed E-state index contributed by atoms with van der Waals surface area (Å²) < 4.78 is 17.3. The Hall–Kier alpha value is -3.62. The van der Waals surface area contributed by atoms with Gasteiger partial charge in [-0.15, -0.1) is 0 Å². The molecule has 0 aliphatic heterocycles. The van der Waals surface area contributed by atoms with E-state index in [1.165, 1.54) is 6.08 Å². The maximum Gasteiger partial charge on any atom is 0.331 e. The third kappa shape index (κ3) is 4.68. The van der Waals surface area contributed by atoms with E-state index in [0.717, 1.165) is 17.0 Å². The quantitative estimate of drug-likeness (QED) is 0.465. The van der Waals surface area contributed by atoms with Crippen LogP contribution in [0, 0.1) is 27.7 Å². The molecule has 0 bridgehead atoms. The van der Waals surface area contributed by atoms with Crippen molar-refractivity contribution in [3.05, 3.63) is 52.7 Å². The molecule has 0 saturated heterocycles. The van der Waals surface area contributed by atoms with Crippen LogP contribution in [0.5, 0.6) is 0 Å². The van der Waals surface area contributed by atoms with Gasteiger partial charge in [0.25, 0.3) is 5.91 Å². The molecule has 0 spiro atoms. The van der Waals surface area contributed by atoms with E-state index in [4.69, 9.17) is 13.8 Å². The number of hydrogen-bond donors (Lipinski definition) is 1. The Morgan fingerprint density at radius 2 is 1.83 bits per heavy atom. The molecule has 1 amide bonds. The van der Waals surface area contributed by atoms with Crippen molar-refractivity contribution >= 4 is 23.8 Å². The number of nitrogens with zero attached hydrogens (tertiary/aromatic N) is 3. The zero-order valence-electron chi connectivity index (χ0n) is 17.6. The Kier molecular flexibility index (Phi) is 6.20. The van der Waals surface area contributed by atoms with Crippen molar-refractivity contribution < 1.29 is 23.4 Å². The van der Waals surface area contributed by atoms with Crippen LogP contribution in [0.2, 0.25) is 0 Å². The number of nitrogens with one attached hydrogen (secondary N) is 1. The highest BCUT2D eigenvalue weighted by atomic mass is 16.5. The van der Waals surface area contributed by atoms with Crippen molar-refractivity contribution in [1.29, 1.82) is 0 Å². The number of ether oxygens (including phenoxy) is 1. The molecule has 0 aliphatic carbocycles. The Balaban J connectivity index is 1.67. The van der Waals surface area contributed by atoms with Crippen LogP contribution >= 0.6 is 0 Å². The minimum absolute atomic E-state index is 0.276. The average molecular weight is 412 g/mol. The molecule has 3 aromatic rings. The van der Waals surface area contributed by atoms with Gasteiger partial charge in [0.05, 0.1) is 0 Å². The standard InChI is InChI=1S/C21H24N4O5/c1-6-17(21(27)22-18-10-13(3)29-23-18)28-20(26)8-7-16-9-12(2)25(15(16)5)19-11-14(4)30-24-19/h7-11,17H,6H2,1-5H3,(H,22,23,27). The lowest BCUT2D eigenvalue weighted by molar-refractivity contribution is -0.149. The van der Waals surface area contributed by atoms with E-state index in [9.17, 15) is 9.59 Å². The summed E-state index contributed by atoms with van der Waals surface area (Å²) in [7, 11) is 0. The highest BCUT2D eigenvalue weighted by molar-refractivity contribution is 5.96. The number of anilines is 1. The molecule has 3 heterocycles. The zero-order valence-corrected chi connectivity index (χ0v) is 17.6. The Labute approximate surface area is 173 Å². The van der Waals surface area contributed by atoms with E-state index < -0.39 is 18.0 Å². The van der Waals surface area contributed by atoms with Gasteiger partial charge < -0.3 is 19.1 Å². The molecular formula is C21H24N4O5. The first-order chi connectivity index (χ1) is 14.3. The number of aryl methyl sites for hydroxylation is 3. The molecule has 30 heavy (non-hydrogen) atoms. The van der Waals surface area contributed by atoms with Gasteiger partial charge in [-0.05, 0) is 51.8 Å². The van der Waals surface area contributed by atoms with Gasteiger partial charge in [-0.1, -0.05) is 17.2 Å². The summed E-state index contributed by atoms with van der Waals surface area (Å²) in [6, 6.07) is 5.35. The number of hydrogen-bond acceptors (Lipinski definition) is 7. The molecule has 3 aromatic heterocycles. The second kappa shape index (κ2) is 8.81. The van der Waals surface area contributed by atoms with Crippen LogP contribution in [0.1, 0.15) is 41.8 Å². The van der Waals surface area contributed by atoms with E-state index in [2.05, 4.69) is 15.6 Å². The van der Waals surface area contributed by atoms with Crippen molar-refractivity contribution in [3.8, 4) is 5.82 Å². The number of carbonyl (C=O) groups is 2. The molecule has 0 radical (unpaired) electrons. The van der Waals surface area contributed by atoms with Crippen molar-refractivity contribution in [2.75, 3.05) is 5.32 Å². The maximum atomic E-state index is 12.3. The van der Waals surface area contributed by atoms with E-state index >= 15 is 0 Å². The normalized spacial score (nSPS) is 12.3.